The molecule has 0 atom stereocenters. The maximum atomic E-state index is 9.47. The van der Waals surface area contributed by atoms with Gasteiger partial charge in [0.2, 0.25) is 0 Å². The van der Waals surface area contributed by atoms with Crippen LogP contribution < -0.4 is 0 Å². The number of phenols is 1. The SMILES string of the molecule is CCn1nc2c(O)cccc2c1Cl. The van der Waals surface area contributed by atoms with Gasteiger partial charge in [-0.3, -0.25) is 4.68 Å². The lowest BCUT2D eigenvalue weighted by molar-refractivity contribution is 0.479. The first-order valence-corrected chi connectivity index (χ1v) is 4.46. The van der Waals surface area contributed by atoms with E-state index in [1.54, 1.807) is 16.8 Å². The highest BCUT2D eigenvalue weighted by Gasteiger charge is 2.09. The molecule has 4 heteroatoms. The van der Waals surface area contributed by atoms with Crippen molar-refractivity contribution >= 4 is 22.5 Å². The van der Waals surface area contributed by atoms with Crippen molar-refractivity contribution in [3.8, 4) is 5.75 Å². The van der Waals surface area contributed by atoms with E-state index in [2.05, 4.69) is 5.10 Å². The summed E-state index contributed by atoms with van der Waals surface area (Å²) in [6, 6.07) is 5.20. The van der Waals surface area contributed by atoms with Crippen LogP contribution in [0.1, 0.15) is 6.92 Å². The van der Waals surface area contributed by atoms with Gasteiger partial charge in [0.05, 0.1) is 0 Å². The molecule has 0 saturated carbocycles. The fraction of sp³-hybridized carbons (Fsp3) is 0.222. The molecule has 0 unspecified atom stereocenters. The lowest BCUT2D eigenvalue weighted by atomic mass is 10.2. The summed E-state index contributed by atoms with van der Waals surface area (Å²) in [7, 11) is 0. The summed E-state index contributed by atoms with van der Waals surface area (Å²) in [5, 5.41) is 15.0. The van der Waals surface area contributed by atoms with Crippen LogP contribution in [0, 0.1) is 0 Å². The van der Waals surface area contributed by atoms with E-state index in [0.717, 1.165) is 5.39 Å². The van der Waals surface area contributed by atoms with Gasteiger partial charge >= 0.3 is 0 Å². The Morgan fingerprint density at radius 3 is 2.92 bits per heavy atom. The van der Waals surface area contributed by atoms with Gasteiger partial charge in [-0.15, -0.1) is 0 Å². The summed E-state index contributed by atoms with van der Waals surface area (Å²) in [6.07, 6.45) is 0. The Labute approximate surface area is 80.5 Å². The Balaban J connectivity index is 2.83. The molecule has 1 heterocycles. The van der Waals surface area contributed by atoms with E-state index in [-0.39, 0.29) is 5.75 Å². The van der Waals surface area contributed by atoms with E-state index in [1.807, 2.05) is 13.0 Å². The molecule has 0 aliphatic heterocycles. The summed E-state index contributed by atoms with van der Waals surface area (Å²) in [6.45, 7) is 2.65. The minimum atomic E-state index is 0.173. The number of nitrogens with zero attached hydrogens (tertiary/aromatic N) is 2. The molecule has 2 aromatic rings. The zero-order chi connectivity index (χ0) is 9.42. The van der Waals surface area contributed by atoms with Crippen LogP contribution in [-0.2, 0) is 6.54 Å². The van der Waals surface area contributed by atoms with Crippen LogP contribution in [0.15, 0.2) is 18.2 Å². The number of hydrogen-bond donors (Lipinski definition) is 1. The molecule has 0 spiro atoms. The second-order valence-corrected chi connectivity index (χ2v) is 3.14. The van der Waals surface area contributed by atoms with Gasteiger partial charge < -0.3 is 5.11 Å². The number of aryl methyl sites for hydroxylation is 1. The van der Waals surface area contributed by atoms with Gasteiger partial charge in [0.15, 0.2) is 0 Å². The smallest absolute Gasteiger partial charge is 0.143 e. The Kier molecular flexibility index (Phi) is 1.88. The largest absolute Gasteiger partial charge is 0.506 e. The molecule has 0 radical (unpaired) electrons. The predicted octanol–water partition coefficient (Wildman–Crippen LogP) is 2.42. The Morgan fingerprint density at radius 1 is 1.54 bits per heavy atom. The standard InChI is InChI=1S/C9H9ClN2O/c1-2-12-9(10)6-4-3-5-7(13)8(6)11-12/h3-5,13H,2H2,1H3. The van der Waals surface area contributed by atoms with Crippen LogP contribution in [0.25, 0.3) is 10.9 Å². The number of rotatable bonds is 1. The van der Waals surface area contributed by atoms with E-state index in [9.17, 15) is 5.11 Å². The second kappa shape index (κ2) is 2.92. The lowest BCUT2D eigenvalue weighted by Crippen LogP contribution is -1.94. The molecule has 0 aliphatic rings. The average molecular weight is 197 g/mol. The number of fused-ring (bicyclic) bond motifs is 1. The molecule has 13 heavy (non-hydrogen) atoms. The number of benzene rings is 1. The first-order valence-electron chi connectivity index (χ1n) is 4.08. The molecule has 0 fully saturated rings. The maximum absolute atomic E-state index is 9.47. The van der Waals surface area contributed by atoms with Gasteiger partial charge in [0.25, 0.3) is 0 Å². The molecule has 1 aromatic heterocycles. The van der Waals surface area contributed by atoms with Crippen LogP contribution >= 0.6 is 11.6 Å². The molecular weight excluding hydrogens is 188 g/mol. The Bertz CT molecular complexity index is 450. The molecule has 1 aromatic carbocycles. The minimum Gasteiger partial charge on any atom is -0.506 e. The van der Waals surface area contributed by atoms with Crippen molar-refractivity contribution in [2.24, 2.45) is 0 Å². The number of halogens is 1. The van der Waals surface area contributed by atoms with Crippen LogP contribution in [0.4, 0.5) is 0 Å². The van der Waals surface area contributed by atoms with Crippen molar-refractivity contribution < 1.29 is 5.11 Å². The molecule has 0 aliphatic carbocycles. The highest BCUT2D eigenvalue weighted by Crippen LogP contribution is 2.28. The fourth-order valence-electron chi connectivity index (χ4n) is 1.32. The van der Waals surface area contributed by atoms with Gasteiger partial charge in [0, 0.05) is 11.9 Å². The molecular formula is C9H9ClN2O. The highest BCUT2D eigenvalue weighted by atomic mass is 35.5. The van der Waals surface area contributed by atoms with Gasteiger partial charge in [-0.05, 0) is 19.1 Å². The van der Waals surface area contributed by atoms with Crippen molar-refractivity contribution in [3.05, 3.63) is 23.4 Å². The van der Waals surface area contributed by atoms with Gasteiger partial charge in [0.1, 0.15) is 16.4 Å². The lowest BCUT2D eigenvalue weighted by Gasteiger charge is -1.93. The highest BCUT2D eigenvalue weighted by molar-refractivity contribution is 6.34. The van der Waals surface area contributed by atoms with Crippen molar-refractivity contribution in [1.82, 2.24) is 9.78 Å². The Morgan fingerprint density at radius 2 is 2.31 bits per heavy atom. The summed E-state index contributed by atoms with van der Waals surface area (Å²) in [4.78, 5) is 0. The zero-order valence-electron chi connectivity index (χ0n) is 7.16. The van der Waals surface area contributed by atoms with E-state index in [1.165, 1.54) is 0 Å². The number of aromatic nitrogens is 2. The summed E-state index contributed by atoms with van der Waals surface area (Å²) in [5.41, 5.74) is 0.564. The molecule has 0 amide bonds. The van der Waals surface area contributed by atoms with Crippen LogP contribution in [0.5, 0.6) is 5.75 Å². The third kappa shape index (κ3) is 1.16. The monoisotopic (exact) mass is 196 g/mol. The van der Waals surface area contributed by atoms with E-state index < -0.39 is 0 Å². The summed E-state index contributed by atoms with van der Waals surface area (Å²) >= 11 is 6.02. The zero-order valence-corrected chi connectivity index (χ0v) is 7.91. The number of hydrogen-bond acceptors (Lipinski definition) is 2. The van der Waals surface area contributed by atoms with Gasteiger partial charge in [-0.25, -0.2) is 0 Å². The third-order valence-electron chi connectivity index (χ3n) is 1.98. The van der Waals surface area contributed by atoms with Crippen molar-refractivity contribution in [2.75, 3.05) is 0 Å². The van der Waals surface area contributed by atoms with Crippen molar-refractivity contribution in [1.29, 1.82) is 0 Å². The van der Waals surface area contributed by atoms with E-state index >= 15 is 0 Å². The average Bonchev–Trinajstić information content (AvgIpc) is 2.45. The molecule has 3 nitrogen and oxygen atoms in total. The Hall–Kier alpha value is -1.22. The molecule has 0 saturated heterocycles. The first kappa shape index (κ1) is 8.38. The van der Waals surface area contributed by atoms with E-state index in [4.69, 9.17) is 11.6 Å². The normalized spacial score (nSPS) is 10.9. The fourth-order valence-corrected chi connectivity index (χ4v) is 1.63. The van der Waals surface area contributed by atoms with Crippen molar-refractivity contribution in [2.45, 2.75) is 13.5 Å². The second-order valence-electron chi connectivity index (χ2n) is 2.78. The maximum Gasteiger partial charge on any atom is 0.143 e. The van der Waals surface area contributed by atoms with Crippen molar-refractivity contribution in [3.63, 3.8) is 0 Å². The quantitative estimate of drug-likeness (QED) is 0.761. The molecule has 2 rings (SSSR count). The van der Waals surface area contributed by atoms with Crippen LogP contribution in [0.2, 0.25) is 5.15 Å². The topological polar surface area (TPSA) is 38.0 Å². The molecule has 68 valence electrons. The van der Waals surface area contributed by atoms with Crippen LogP contribution in [0.3, 0.4) is 0 Å². The van der Waals surface area contributed by atoms with Gasteiger partial charge in [-0.2, -0.15) is 5.10 Å². The molecule has 1 N–H and O–H groups in total. The first-order chi connectivity index (χ1) is 6.24. The molecule has 0 bridgehead atoms. The summed E-state index contributed by atoms with van der Waals surface area (Å²) in [5.74, 6) is 0.173. The number of aromatic hydroxyl groups is 1. The van der Waals surface area contributed by atoms with Gasteiger partial charge in [-0.1, -0.05) is 17.7 Å². The minimum absolute atomic E-state index is 0.173. The van der Waals surface area contributed by atoms with E-state index in [0.29, 0.717) is 17.2 Å². The predicted molar refractivity (Wildman–Crippen MR) is 52.1 cm³/mol. The van der Waals surface area contributed by atoms with Crippen LogP contribution in [-0.4, -0.2) is 14.9 Å². The third-order valence-corrected chi connectivity index (χ3v) is 2.38. The number of phenolic OH excluding ortho intramolecular Hbond substituents is 1. The summed E-state index contributed by atoms with van der Waals surface area (Å²) < 4.78 is 1.66.